The van der Waals surface area contributed by atoms with Gasteiger partial charge in [0.15, 0.2) is 0 Å². The number of aliphatic hydroxyl groups excluding tert-OH is 1. The van der Waals surface area contributed by atoms with Crippen LogP contribution in [0.25, 0.3) is 0 Å². The smallest absolute Gasteiger partial charge is 0.399 e. The highest BCUT2D eigenvalue weighted by atomic mass is 35.5. The number of pyridine rings is 1. The molecule has 0 aliphatic carbocycles. The highest BCUT2D eigenvalue weighted by molar-refractivity contribution is 6.65. The lowest BCUT2D eigenvalue weighted by atomic mass is 9.79. The molecular weight excluding hydrogens is 264 g/mol. The molecule has 1 aromatic heterocycles. The van der Waals surface area contributed by atoms with Crippen LogP contribution in [0.4, 0.5) is 0 Å². The zero-order valence-electron chi connectivity index (χ0n) is 11.7. The summed E-state index contributed by atoms with van der Waals surface area (Å²) >= 11 is 6.32. The van der Waals surface area contributed by atoms with Gasteiger partial charge in [0.05, 0.1) is 21.9 Å². The van der Waals surface area contributed by atoms with Crippen LogP contribution in [0.15, 0.2) is 12.3 Å². The summed E-state index contributed by atoms with van der Waals surface area (Å²) in [7, 11) is -0.502. The van der Waals surface area contributed by atoms with Gasteiger partial charge in [-0.25, -0.2) is 0 Å². The summed E-state index contributed by atoms with van der Waals surface area (Å²) < 4.78 is 11.9. The fourth-order valence-electron chi connectivity index (χ4n) is 1.94. The van der Waals surface area contributed by atoms with Crippen molar-refractivity contribution < 1.29 is 14.4 Å². The summed E-state index contributed by atoms with van der Waals surface area (Å²) in [5.41, 5.74) is 0.623. The number of aliphatic hydroxyl groups is 1. The molecule has 0 radical (unpaired) electrons. The van der Waals surface area contributed by atoms with Crippen LogP contribution in [-0.2, 0) is 15.7 Å². The van der Waals surface area contributed by atoms with Gasteiger partial charge in [0.1, 0.15) is 0 Å². The molecule has 104 valence electrons. The first-order valence-electron chi connectivity index (χ1n) is 6.38. The van der Waals surface area contributed by atoms with Crippen molar-refractivity contribution in [2.24, 2.45) is 0 Å². The van der Waals surface area contributed by atoms with E-state index in [4.69, 9.17) is 26.0 Å². The van der Waals surface area contributed by atoms with E-state index in [1.807, 2.05) is 27.7 Å². The van der Waals surface area contributed by atoms with E-state index in [0.717, 1.165) is 5.46 Å². The van der Waals surface area contributed by atoms with Gasteiger partial charge in [-0.15, -0.1) is 0 Å². The van der Waals surface area contributed by atoms with Gasteiger partial charge in [-0.05, 0) is 33.8 Å². The molecule has 0 amide bonds. The summed E-state index contributed by atoms with van der Waals surface area (Å²) in [6.07, 6.45) is 2.09. The third kappa shape index (κ3) is 2.65. The number of hydrogen-bond acceptors (Lipinski definition) is 4. The number of hydrogen-bond donors (Lipinski definition) is 1. The van der Waals surface area contributed by atoms with Crippen molar-refractivity contribution in [2.45, 2.75) is 45.3 Å². The van der Waals surface area contributed by atoms with E-state index >= 15 is 0 Å². The average Bonchev–Trinajstić information content (AvgIpc) is 2.51. The van der Waals surface area contributed by atoms with Crippen molar-refractivity contribution >= 4 is 24.2 Å². The van der Waals surface area contributed by atoms with Crippen LogP contribution in [0.2, 0.25) is 5.02 Å². The zero-order chi connectivity index (χ0) is 14.3. The Morgan fingerprint density at radius 1 is 1.26 bits per heavy atom. The molecule has 1 aromatic rings. The fraction of sp³-hybridized carbons (Fsp3) is 0.615. The molecule has 1 aliphatic rings. The number of nitrogens with zero attached hydrogens (tertiary/aromatic N) is 1. The molecule has 2 heterocycles. The molecule has 1 N–H and O–H groups in total. The average molecular weight is 284 g/mol. The van der Waals surface area contributed by atoms with Gasteiger partial charge < -0.3 is 14.4 Å². The SMILES string of the molecule is CC1(C)OB(c2ccnc(CCO)c2Cl)OC1(C)C. The lowest BCUT2D eigenvalue weighted by Gasteiger charge is -2.32. The molecule has 0 saturated carbocycles. The number of aromatic nitrogens is 1. The Morgan fingerprint density at radius 2 is 1.84 bits per heavy atom. The van der Waals surface area contributed by atoms with Crippen molar-refractivity contribution in [3.05, 3.63) is 23.0 Å². The largest absolute Gasteiger partial charge is 0.496 e. The van der Waals surface area contributed by atoms with Crippen molar-refractivity contribution in [3.8, 4) is 0 Å². The van der Waals surface area contributed by atoms with Gasteiger partial charge >= 0.3 is 7.12 Å². The van der Waals surface area contributed by atoms with Crippen LogP contribution >= 0.6 is 11.6 Å². The molecule has 0 unspecified atom stereocenters. The van der Waals surface area contributed by atoms with E-state index in [2.05, 4.69) is 4.98 Å². The first-order valence-corrected chi connectivity index (χ1v) is 6.76. The maximum Gasteiger partial charge on any atom is 0.496 e. The minimum atomic E-state index is -0.502. The maximum absolute atomic E-state index is 9.01. The molecule has 4 nitrogen and oxygen atoms in total. The fourth-order valence-corrected chi connectivity index (χ4v) is 2.23. The molecule has 0 aromatic carbocycles. The van der Waals surface area contributed by atoms with Gasteiger partial charge in [-0.1, -0.05) is 11.6 Å². The van der Waals surface area contributed by atoms with Crippen LogP contribution in [0, 0.1) is 0 Å². The second-order valence-electron chi connectivity index (χ2n) is 5.72. The molecule has 2 rings (SSSR count). The molecular formula is C13H19BClNO3. The van der Waals surface area contributed by atoms with Crippen LogP contribution in [-0.4, -0.2) is 35.0 Å². The normalized spacial score (nSPS) is 20.8. The monoisotopic (exact) mass is 283 g/mol. The third-order valence-electron chi connectivity index (χ3n) is 3.85. The Hall–Kier alpha value is -0.615. The quantitative estimate of drug-likeness (QED) is 0.856. The molecule has 1 fully saturated rings. The lowest BCUT2D eigenvalue weighted by Crippen LogP contribution is -2.41. The highest BCUT2D eigenvalue weighted by Gasteiger charge is 2.52. The maximum atomic E-state index is 9.01. The predicted molar refractivity (Wildman–Crippen MR) is 75.8 cm³/mol. The first-order chi connectivity index (χ1) is 8.78. The summed E-state index contributed by atoms with van der Waals surface area (Å²) in [6, 6.07) is 1.80. The van der Waals surface area contributed by atoms with E-state index in [1.165, 1.54) is 0 Å². The van der Waals surface area contributed by atoms with E-state index in [-0.39, 0.29) is 6.61 Å². The molecule has 0 atom stereocenters. The summed E-state index contributed by atoms with van der Waals surface area (Å²) in [5, 5.41) is 9.51. The second-order valence-corrected chi connectivity index (χ2v) is 6.10. The van der Waals surface area contributed by atoms with E-state index in [9.17, 15) is 0 Å². The Labute approximate surface area is 119 Å². The van der Waals surface area contributed by atoms with E-state index < -0.39 is 18.3 Å². The standard InChI is InChI=1S/C13H19BClNO3/c1-12(2)13(3,4)19-14(18-12)9-5-7-16-10(6-8-17)11(9)15/h5,7,17H,6,8H2,1-4H3. The van der Waals surface area contributed by atoms with Crippen molar-refractivity contribution in [1.82, 2.24) is 4.98 Å². The molecule has 1 aliphatic heterocycles. The van der Waals surface area contributed by atoms with Crippen molar-refractivity contribution in [2.75, 3.05) is 6.61 Å². The Balaban J connectivity index is 2.32. The van der Waals surface area contributed by atoms with Crippen molar-refractivity contribution in [1.29, 1.82) is 0 Å². The van der Waals surface area contributed by atoms with Gasteiger partial charge in [0.2, 0.25) is 0 Å². The molecule has 6 heteroatoms. The van der Waals surface area contributed by atoms with Crippen molar-refractivity contribution in [3.63, 3.8) is 0 Å². The Kier molecular flexibility index (Phi) is 3.93. The Morgan fingerprint density at radius 3 is 2.37 bits per heavy atom. The van der Waals surface area contributed by atoms with E-state index in [0.29, 0.717) is 17.1 Å². The predicted octanol–water partition coefficient (Wildman–Crippen LogP) is 1.57. The van der Waals surface area contributed by atoms with Crippen LogP contribution in [0.5, 0.6) is 0 Å². The summed E-state index contributed by atoms with van der Waals surface area (Å²) in [5.74, 6) is 0. The molecule has 19 heavy (non-hydrogen) atoms. The summed E-state index contributed by atoms with van der Waals surface area (Å²) in [4.78, 5) is 4.17. The van der Waals surface area contributed by atoms with E-state index in [1.54, 1.807) is 12.3 Å². The number of rotatable bonds is 3. The Bertz CT molecular complexity index is 463. The zero-order valence-corrected chi connectivity index (χ0v) is 12.5. The second kappa shape index (κ2) is 5.06. The lowest BCUT2D eigenvalue weighted by molar-refractivity contribution is 0.00578. The van der Waals surface area contributed by atoms with Crippen LogP contribution < -0.4 is 5.46 Å². The van der Waals surface area contributed by atoms with Crippen LogP contribution in [0.1, 0.15) is 33.4 Å². The first kappa shape index (κ1) is 14.8. The topological polar surface area (TPSA) is 51.6 Å². The van der Waals surface area contributed by atoms with Gasteiger partial charge in [-0.2, -0.15) is 0 Å². The van der Waals surface area contributed by atoms with Crippen LogP contribution in [0.3, 0.4) is 0 Å². The van der Waals surface area contributed by atoms with Gasteiger partial charge in [-0.3, -0.25) is 4.98 Å². The van der Waals surface area contributed by atoms with Gasteiger partial charge in [0, 0.05) is 24.7 Å². The minimum absolute atomic E-state index is 0.0134. The molecule has 0 spiro atoms. The molecule has 0 bridgehead atoms. The third-order valence-corrected chi connectivity index (χ3v) is 4.28. The highest BCUT2D eigenvalue weighted by Crippen LogP contribution is 2.37. The molecule has 1 saturated heterocycles. The number of halogens is 1. The van der Waals surface area contributed by atoms with Gasteiger partial charge in [0.25, 0.3) is 0 Å². The summed E-state index contributed by atoms with van der Waals surface area (Å²) in [6.45, 7) is 8.00. The minimum Gasteiger partial charge on any atom is -0.399 e.